The molecule has 1 saturated heterocycles. The van der Waals surface area contributed by atoms with Crippen LogP contribution in [-0.4, -0.2) is 62.3 Å². The van der Waals surface area contributed by atoms with Crippen LogP contribution in [0.4, 0.5) is 0 Å². The monoisotopic (exact) mass is 459 g/mol. The van der Waals surface area contributed by atoms with Crippen LogP contribution in [0.25, 0.3) is 5.76 Å². The van der Waals surface area contributed by atoms with Gasteiger partial charge in [-0.15, -0.1) is 0 Å². The number of carbonyl (C=O) groups excluding carboxylic acids is 2. The van der Waals surface area contributed by atoms with Crippen LogP contribution in [-0.2, 0) is 14.3 Å². The lowest BCUT2D eigenvalue weighted by molar-refractivity contribution is -0.140. The highest BCUT2D eigenvalue weighted by Gasteiger charge is 2.46. The predicted octanol–water partition coefficient (Wildman–Crippen LogP) is 3.19. The Kier molecular flexibility index (Phi) is 6.25. The molecule has 2 aliphatic rings. The van der Waals surface area contributed by atoms with E-state index >= 15 is 0 Å². The zero-order chi connectivity index (χ0) is 22.8. The van der Waals surface area contributed by atoms with Gasteiger partial charge in [-0.3, -0.25) is 9.59 Å². The maximum absolute atomic E-state index is 13.0. The summed E-state index contributed by atoms with van der Waals surface area (Å²) in [4.78, 5) is 27.3. The van der Waals surface area contributed by atoms with Crippen molar-refractivity contribution < 1.29 is 33.6 Å². The van der Waals surface area contributed by atoms with Crippen LogP contribution < -0.4 is 14.2 Å². The molecule has 0 saturated carbocycles. The van der Waals surface area contributed by atoms with E-state index in [1.165, 1.54) is 25.2 Å². The van der Waals surface area contributed by atoms with Crippen LogP contribution in [0.2, 0.25) is 5.02 Å². The van der Waals surface area contributed by atoms with Crippen LogP contribution in [0.15, 0.2) is 42.0 Å². The van der Waals surface area contributed by atoms with Crippen molar-refractivity contribution in [2.75, 3.05) is 40.6 Å². The maximum atomic E-state index is 13.0. The highest BCUT2D eigenvalue weighted by molar-refractivity contribution is 6.46. The molecule has 9 heteroatoms. The van der Waals surface area contributed by atoms with Crippen molar-refractivity contribution in [1.82, 2.24) is 4.90 Å². The van der Waals surface area contributed by atoms with Crippen molar-refractivity contribution in [2.24, 2.45) is 0 Å². The average molecular weight is 460 g/mol. The number of nitrogens with zero attached hydrogens (tertiary/aromatic N) is 1. The summed E-state index contributed by atoms with van der Waals surface area (Å²) in [5.41, 5.74) is 0.859. The fourth-order valence-corrected chi connectivity index (χ4v) is 4.10. The van der Waals surface area contributed by atoms with Crippen molar-refractivity contribution in [3.8, 4) is 17.2 Å². The predicted molar refractivity (Wildman–Crippen MR) is 116 cm³/mol. The molecule has 0 spiro atoms. The second-order valence-electron chi connectivity index (χ2n) is 7.24. The average Bonchev–Trinajstić information content (AvgIpc) is 3.06. The molecule has 1 N–H and O–H groups in total. The molecule has 4 rings (SSSR count). The van der Waals surface area contributed by atoms with E-state index in [1.807, 2.05) is 0 Å². The zero-order valence-corrected chi connectivity index (χ0v) is 18.3. The minimum Gasteiger partial charge on any atom is -0.507 e. The van der Waals surface area contributed by atoms with Crippen LogP contribution in [0.5, 0.6) is 17.2 Å². The Morgan fingerprint density at radius 1 is 1.12 bits per heavy atom. The highest BCUT2D eigenvalue weighted by Crippen LogP contribution is 2.42. The van der Waals surface area contributed by atoms with Crippen LogP contribution >= 0.6 is 11.6 Å². The van der Waals surface area contributed by atoms with E-state index in [1.54, 1.807) is 30.3 Å². The molecule has 2 heterocycles. The molecule has 1 amide bonds. The second kappa shape index (κ2) is 9.10. The first kappa shape index (κ1) is 22.0. The second-order valence-corrected chi connectivity index (χ2v) is 7.64. The SMILES string of the molecule is COCCN1C(=O)C(=O)/C(=C(/O)c2ccc(OC)c(Cl)c2)C1c1ccc2c(c1)OCCO2. The topological polar surface area (TPSA) is 94.5 Å². The van der Waals surface area contributed by atoms with Gasteiger partial charge < -0.3 is 29.0 Å². The largest absolute Gasteiger partial charge is 0.507 e. The van der Waals surface area contributed by atoms with Gasteiger partial charge in [0.2, 0.25) is 0 Å². The number of ether oxygens (including phenoxy) is 4. The van der Waals surface area contributed by atoms with E-state index in [-0.39, 0.29) is 29.5 Å². The number of hydrogen-bond donors (Lipinski definition) is 1. The van der Waals surface area contributed by atoms with Gasteiger partial charge in [0.1, 0.15) is 24.7 Å². The summed E-state index contributed by atoms with van der Waals surface area (Å²) < 4.78 is 21.5. The summed E-state index contributed by atoms with van der Waals surface area (Å²) >= 11 is 6.21. The number of Topliss-reactive ketones (excluding diaryl/α,β-unsaturated/α-hetero) is 1. The van der Waals surface area contributed by atoms with E-state index in [2.05, 4.69) is 0 Å². The number of amides is 1. The third kappa shape index (κ3) is 3.87. The number of aliphatic hydroxyl groups is 1. The van der Waals surface area contributed by atoms with E-state index in [4.69, 9.17) is 30.5 Å². The van der Waals surface area contributed by atoms with Crippen molar-refractivity contribution in [1.29, 1.82) is 0 Å². The Hall–Kier alpha value is -3.23. The number of carbonyl (C=O) groups is 2. The summed E-state index contributed by atoms with van der Waals surface area (Å²) in [5.74, 6) is -0.317. The van der Waals surface area contributed by atoms with Gasteiger partial charge in [-0.05, 0) is 35.9 Å². The summed E-state index contributed by atoms with van der Waals surface area (Å²) in [6.45, 7) is 1.23. The van der Waals surface area contributed by atoms with Gasteiger partial charge in [0.15, 0.2) is 11.5 Å². The summed E-state index contributed by atoms with van der Waals surface area (Å²) in [7, 11) is 2.99. The Morgan fingerprint density at radius 3 is 2.56 bits per heavy atom. The Balaban J connectivity index is 1.85. The highest BCUT2D eigenvalue weighted by atomic mass is 35.5. The van der Waals surface area contributed by atoms with E-state index in [0.717, 1.165) is 0 Å². The van der Waals surface area contributed by atoms with Crippen LogP contribution in [0, 0.1) is 0 Å². The molecule has 0 aliphatic carbocycles. The van der Waals surface area contributed by atoms with Crippen molar-refractivity contribution in [3.05, 3.63) is 58.1 Å². The van der Waals surface area contributed by atoms with Gasteiger partial charge >= 0.3 is 0 Å². The van der Waals surface area contributed by atoms with Gasteiger partial charge in [-0.1, -0.05) is 17.7 Å². The third-order valence-corrected chi connectivity index (χ3v) is 5.68. The standard InChI is InChI=1S/C23H22ClNO7/c1-29-8-7-25-20(13-3-6-17-18(12-13)32-10-9-31-17)19(22(27)23(25)28)21(26)14-4-5-16(30-2)15(24)11-14/h3-6,11-12,20,26H,7-10H2,1-2H3/b21-19+. The number of hydrogen-bond acceptors (Lipinski definition) is 7. The normalized spacial score (nSPS) is 19.3. The molecule has 2 aromatic carbocycles. The van der Waals surface area contributed by atoms with Gasteiger partial charge in [0, 0.05) is 19.2 Å². The molecule has 32 heavy (non-hydrogen) atoms. The zero-order valence-electron chi connectivity index (χ0n) is 17.6. The summed E-state index contributed by atoms with van der Waals surface area (Å²) in [6.07, 6.45) is 0. The lowest BCUT2D eigenvalue weighted by atomic mass is 9.95. The Labute approximate surface area is 189 Å². The van der Waals surface area contributed by atoms with Gasteiger partial charge in [0.25, 0.3) is 11.7 Å². The molecular weight excluding hydrogens is 438 g/mol. The van der Waals surface area contributed by atoms with Gasteiger partial charge in [-0.25, -0.2) is 0 Å². The quantitative estimate of drug-likeness (QED) is 0.402. The fourth-order valence-electron chi connectivity index (χ4n) is 3.85. The van der Waals surface area contributed by atoms with E-state index in [9.17, 15) is 14.7 Å². The smallest absolute Gasteiger partial charge is 0.295 e. The van der Waals surface area contributed by atoms with Crippen LogP contribution in [0.3, 0.4) is 0 Å². The van der Waals surface area contributed by atoms with E-state index < -0.39 is 17.7 Å². The molecule has 1 unspecified atom stereocenters. The molecular formula is C23H22ClNO7. The van der Waals surface area contributed by atoms with Crippen molar-refractivity contribution in [3.63, 3.8) is 0 Å². The van der Waals surface area contributed by atoms with Gasteiger partial charge in [-0.2, -0.15) is 0 Å². The number of likely N-dealkylation sites (tertiary alicyclic amines) is 1. The molecule has 0 aromatic heterocycles. The molecule has 1 atom stereocenters. The number of methoxy groups -OCH3 is 2. The van der Waals surface area contributed by atoms with Crippen molar-refractivity contribution >= 4 is 29.1 Å². The summed E-state index contributed by atoms with van der Waals surface area (Å²) in [5, 5.41) is 11.4. The first-order valence-corrected chi connectivity index (χ1v) is 10.3. The van der Waals surface area contributed by atoms with Gasteiger partial charge in [0.05, 0.1) is 30.4 Å². The molecule has 168 valence electrons. The molecule has 1 fully saturated rings. The first-order chi connectivity index (χ1) is 15.5. The Bertz CT molecular complexity index is 1100. The third-order valence-electron chi connectivity index (χ3n) is 5.38. The Morgan fingerprint density at radius 2 is 1.88 bits per heavy atom. The maximum Gasteiger partial charge on any atom is 0.295 e. The fraction of sp³-hybridized carbons (Fsp3) is 0.304. The number of rotatable bonds is 6. The first-order valence-electron chi connectivity index (χ1n) is 9.97. The number of ketones is 1. The number of fused-ring (bicyclic) bond motifs is 1. The van der Waals surface area contributed by atoms with Crippen LogP contribution in [0.1, 0.15) is 17.2 Å². The molecule has 8 nitrogen and oxygen atoms in total. The summed E-state index contributed by atoms with van der Waals surface area (Å²) in [6, 6.07) is 9.00. The number of aliphatic hydroxyl groups excluding tert-OH is 1. The van der Waals surface area contributed by atoms with E-state index in [0.29, 0.717) is 41.6 Å². The molecule has 2 aliphatic heterocycles. The van der Waals surface area contributed by atoms with Crippen molar-refractivity contribution in [2.45, 2.75) is 6.04 Å². The molecule has 2 aromatic rings. The molecule has 0 radical (unpaired) electrons. The number of halogens is 1. The minimum absolute atomic E-state index is 0.0379. The lowest BCUT2D eigenvalue weighted by Crippen LogP contribution is -2.32. The minimum atomic E-state index is -0.832. The molecule has 0 bridgehead atoms. The lowest BCUT2D eigenvalue weighted by Gasteiger charge is -2.26. The number of benzene rings is 2.